The van der Waals surface area contributed by atoms with Crippen molar-refractivity contribution in [3.63, 3.8) is 0 Å². The van der Waals surface area contributed by atoms with Crippen molar-refractivity contribution in [2.24, 2.45) is 0 Å². The lowest BCUT2D eigenvalue weighted by Crippen LogP contribution is -2.20. The van der Waals surface area contributed by atoms with Gasteiger partial charge < -0.3 is 5.32 Å². The van der Waals surface area contributed by atoms with Crippen LogP contribution < -0.4 is 5.32 Å². The Kier molecular flexibility index (Phi) is 4.55. The number of halogens is 2. The second-order valence-corrected chi connectivity index (χ2v) is 6.34. The number of anilines is 1. The molecule has 2 aromatic heterocycles. The van der Waals surface area contributed by atoms with Crippen molar-refractivity contribution in [1.29, 1.82) is 0 Å². The topological polar surface area (TPSA) is 77.6 Å². The third-order valence-corrected chi connectivity index (χ3v) is 4.22. The summed E-state index contributed by atoms with van der Waals surface area (Å²) in [7, 11) is 0. The molecule has 1 amide bonds. The Morgan fingerprint density at radius 3 is 2.74 bits per heavy atom. The van der Waals surface area contributed by atoms with Crippen LogP contribution in [0.5, 0.6) is 0 Å². The molecule has 0 spiro atoms. The van der Waals surface area contributed by atoms with Gasteiger partial charge in [-0.3, -0.25) is 9.48 Å². The van der Waals surface area contributed by atoms with Gasteiger partial charge in [-0.1, -0.05) is 41.1 Å². The SMILES string of the molecule is O=C(Cn1nnc2ccccc21)Nc1nn(Cc2ccc(F)cc2)cc1Cl. The lowest BCUT2D eigenvalue weighted by atomic mass is 10.2. The summed E-state index contributed by atoms with van der Waals surface area (Å²) in [6, 6.07) is 13.5. The molecule has 7 nitrogen and oxygen atoms in total. The maximum atomic E-state index is 13.0. The largest absolute Gasteiger partial charge is 0.306 e. The van der Waals surface area contributed by atoms with Crippen LogP contribution in [-0.4, -0.2) is 30.7 Å². The van der Waals surface area contributed by atoms with E-state index >= 15 is 0 Å². The zero-order valence-electron chi connectivity index (χ0n) is 14.0. The summed E-state index contributed by atoms with van der Waals surface area (Å²) in [5.41, 5.74) is 2.34. The molecule has 2 aromatic carbocycles. The molecule has 4 aromatic rings. The van der Waals surface area contributed by atoms with Crippen LogP contribution in [0.4, 0.5) is 10.2 Å². The Morgan fingerprint density at radius 1 is 1.15 bits per heavy atom. The highest BCUT2D eigenvalue weighted by atomic mass is 35.5. The van der Waals surface area contributed by atoms with E-state index in [1.807, 2.05) is 24.3 Å². The van der Waals surface area contributed by atoms with Crippen LogP contribution in [0.15, 0.2) is 54.7 Å². The summed E-state index contributed by atoms with van der Waals surface area (Å²) in [5.74, 6) is -0.362. The van der Waals surface area contributed by atoms with E-state index in [0.29, 0.717) is 17.1 Å². The van der Waals surface area contributed by atoms with E-state index < -0.39 is 0 Å². The van der Waals surface area contributed by atoms with Crippen LogP contribution in [0.25, 0.3) is 11.0 Å². The van der Waals surface area contributed by atoms with Gasteiger partial charge in [0, 0.05) is 6.20 Å². The van der Waals surface area contributed by atoms with Gasteiger partial charge in [-0.15, -0.1) is 5.10 Å². The van der Waals surface area contributed by atoms with Crippen LogP contribution in [0, 0.1) is 5.82 Å². The van der Waals surface area contributed by atoms with E-state index in [0.717, 1.165) is 11.1 Å². The quantitative estimate of drug-likeness (QED) is 0.573. The molecule has 0 aliphatic rings. The molecule has 0 aliphatic heterocycles. The highest BCUT2D eigenvalue weighted by molar-refractivity contribution is 6.33. The maximum absolute atomic E-state index is 13.0. The van der Waals surface area contributed by atoms with Crippen LogP contribution in [0.3, 0.4) is 0 Å². The molecule has 2 heterocycles. The number of hydrogen-bond donors (Lipinski definition) is 1. The number of benzene rings is 2. The van der Waals surface area contributed by atoms with Crippen LogP contribution in [-0.2, 0) is 17.9 Å². The van der Waals surface area contributed by atoms with Gasteiger partial charge in [-0.05, 0) is 29.8 Å². The monoisotopic (exact) mass is 384 g/mol. The van der Waals surface area contributed by atoms with Crippen LogP contribution in [0.2, 0.25) is 5.02 Å². The van der Waals surface area contributed by atoms with E-state index in [2.05, 4.69) is 20.7 Å². The number of rotatable bonds is 5. The number of hydrogen-bond acceptors (Lipinski definition) is 4. The average Bonchev–Trinajstić information content (AvgIpc) is 3.21. The lowest BCUT2D eigenvalue weighted by Gasteiger charge is -2.04. The molecule has 0 radical (unpaired) electrons. The Hall–Kier alpha value is -3.26. The van der Waals surface area contributed by atoms with Gasteiger partial charge in [0.2, 0.25) is 5.91 Å². The number of nitrogens with one attached hydrogen (secondary N) is 1. The van der Waals surface area contributed by atoms with Gasteiger partial charge in [-0.25, -0.2) is 9.07 Å². The normalized spacial score (nSPS) is 11.0. The molecule has 0 saturated carbocycles. The number of nitrogens with zero attached hydrogens (tertiary/aromatic N) is 5. The predicted octanol–water partition coefficient (Wildman–Crippen LogP) is 3.11. The third-order valence-electron chi connectivity index (χ3n) is 3.95. The number of aromatic nitrogens is 5. The minimum Gasteiger partial charge on any atom is -0.306 e. The Morgan fingerprint density at radius 2 is 1.93 bits per heavy atom. The van der Waals surface area contributed by atoms with Crippen LogP contribution in [0.1, 0.15) is 5.56 Å². The second kappa shape index (κ2) is 7.16. The fourth-order valence-electron chi connectivity index (χ4n) is 2.68. The fourth-order valence-corrected chi connectivity index (χ4v) is 2.88. The molecule has 0 bridgehead atoms. The first kappa shape index (κ1) is 17.2. The molecule has 1 N–H and O–H groups in total. The first-order valence-electron chi connectivity index (χ1n) is 8.14. The van der Waals surface area contributed by atoms with Gasteiger partial charge in [-0.2, -0.15) is 5.10 Å². The van der Waals surface area contributed by atoms with Crippen molar-refractivity contribution in [3.8, 4) is 0 Å². The third kappa shape index (κ3) is 3.80. The van der Waals surface area contributed by atoms with Gasteiger partial charge >= 0.3 is 0 Å². The minimum absolute atomic E-state index is 0.0122. The summed E-state index contributed by atoms with van der Waals surface area (Å²) in [5, 5.41) is 15.3. The van der Waals surface area contributed by atoms with E-state index in [1.165, 1.54) is 16.8 Å². The number of para-hydroxylation sites is 1. The first-order valence-corrected chi connectivity index (χ1v) is 8.52. The van der Waals surface area contributed by atoms with Gasteiger partial charge in [0.1, 0.15) is 22.9 Å². The molecule has 136 valence electrons. The molecule has 0 fully saturated rings. The standard InChI is InChI=1S/C18H14ClFN6O/c19-14-10-25(9-12-5-7-13(20)8-6-12)23-18(14)21-17(27)11-26-16-4-2-1-3-15(16)22-24-26/h1-8,10H,9,11H2,(H,21,23,27). The summed E-state index contributed by atoms with van der Waals surface area (Å²) >= 11 is 6.16. The minimum atomic E-state index is -0.320. The second-order valence-electron chi connectivity index (χ2n) is 5.93. The number of fused-ring (bicyclic) bond motifs is 1. The van der Waals surface area contributed by atoms with E-state index in [-0.39, 0.29) is 24.1 Å². The van der Waals surface area contributed by atoms with Gasteiger partial charge in [0.05, 0.1) is 12.1 Å². The number of amides is 1. The molecule has 0 unspecified atom stereocenters. The maximum Gasteiger partial charge on any atom is 0.247 e. The Balaban J connectivity index is 1.45. The number of carbonyl (C=O) groups is 1. The van der Waals surface area contributed by atoms with E-state index in [9.17, 15) is 9.18 Å². The lowest BCUT2D eigenvalue weighted by molar-refractivity contribution is -0.116. The van der Waals surface area contributed by atoms with E-state index in [4.69, 9.17) is 11.6 Å². The summed E-state index contributed by atoms with van der Waals surface area (Å²) in [4.78, 5) is 12.3. The van der Waals surface area contributed by atoms with Crippen molar-refractivity contribution in [1.82, 2.24) is 24.8 Å². The van der Waals surface area contributed by atoms with Crippen LogP contribution >= 0.6 is 11.6 Å². The predicted molar refractivity (Wildman–Crippen MR) is 98.9 cm³/mol. The molecular weight excluding hydrogens is 371 g/mol. The summed E-state index contributed by atoms with van der Waals surface area (Å²) in [6.07, 6.45) is 1.60. The van der Waals surface area contributed by atoms with E-state index in [1.54, 1.807) is 23.0 Å². The first-order chi connectivity index (χ1) is 13.1. The molecular formula is C18H14ClFN6O. The smallest absolute Gasteiger partial charge is 0.247 e. The Bertz CT molecular complexity index is 1100. The van der Waals surface area contributed by atoms with Crippen molar-refractivity contribution in [2.45, 2.75) is 13.1 Å². The Labute approximate surface area is 158 Å². The van der Waals surface area contributed by atoms with Crippen molar-refractivity contribution in [2.75, 3.05) is 5.32 Å². The highest BCUT2D eigenvalue weighted by Crippen LogP contribution is 2.20. The summed E-state index contributed by atoms with van der Waals surface area (Å²) < 4.78 is 16.1. The average molecular weight is 385 g/mol. The highest BCUT2D eigenvalue weighted by Gasteiger charge is 2.13. The van der Waals surface area contributed by atoms with Crippen molar-refractivity contribution in [3.05, 3.63) is 71.1 Å². The molecule has 0 saturated heterocycles. The fraction of sp³-hybridized carbons (Fsp3) is 0.111. The molecule has 0 aliphatic carbocycles. The van der Waals surface area contributed by atoms with Crippen molar-refractivity contribution >= 4 is 34.4 Å². The van der Waals surface area contributed by atoms with Crippen molar-refractivity contribution < 1.29 is 9.18 Å². The zero-order chi connectivity index (χ0) is 18.8. The molecule has 27 heavy (non-hydrogen) atoms. The molecule has 0 atom stereocenters. The van der Waals surface area contributed by atoms with Gasteiger partial charge in [0.15, 0.2) is 5.82 Å². The molecule has 9 heteroatoms. The zero-order valence-corrected chi connectivity index (χ0v) is 14.8. The number of carbonyl (C=O) groups excluding carboxylic acids is 1. The summed E-state index contributed by atoms with van der Waals surface area (Å²) in [6.45, 7) is 0.394. The van der Waals surface area contributed by atoms with Gasteiger partial charge in [0.25, 0.3) is 0 Å². The molecule has 4 rings (SSSR count).